The van der Waals surface area contributed by atoms with Crippen molar-refractivity contribution in [3.8, 4) is 5.75 Å². The Morgan fingerprint density at radius 2 is 2.23 bits per heavy atom. The van der Waals surface area contributed by atoms with Crippen LogP contribution in [0.25, 0.3) is 0 Å². The van der Waals surface area contributed by atoms with Gasteiger partial charge in [-0.25, -0.2) is 0 Å². The number of hydrogen-bond donors (Lipinski definition) is 3. The second kappa shape index (κ2) is 9.96. The van der Waals surface area contributed by atoms with E-state index in [0.29, 0.717) is 31.4 Å². The van der Waals surface area contributed by atoms with E-state index in [0.717, 1.165) is 30.2 Å². The minimum Gasteiger partial charge on any atom is -0.492 e. The van der Waals surface area contributed by atoms with Gasteiger partial charge >= 0.3 is 0 Å². The topological polar surface area (TPSA) is 84.0 Å². The number of anilines is 1. The molecule has 2 aliphatic rings. The van der Waals surface area contributed by atoms with Gasteiger partial charge in [-0.1, -0.05) is 6.07 Å². The summed E-state index contributed by atoms with van der Waals surface area (Å²) in [6, 6.07) is 7.70. The quantitative estimate of drug-likeness (QED) is 0.255. The van der Waals surface area contributed by atoms with Crippen LogP contribution >= 0.6 is 24.0 Å². The summed E-state index contributed by atoms with van der Waals surface area (Å²) in [5, 5.41) is 9.44. The smallest absolute Gasteiger partial charge is 0.221 e. The van der Waals surface area contributed by atoms with E-state index in [2.05, 4.69) is 20.9 Å². The lowest BCUT2D eigenvalue weighted by molar-refractivity contribution is -0.114. The second-order valence-electron chi connectivity index (χ2n) is 6.42. The molecule has 1 amide bonds. The molecule has 0 spiro atoms. The fraction of sp³-hybridized carbons (Fsp3) is 0.556. The van der Waals surface area contributed by atoms with Crippen LogP contribution in [0.1, 0.15) is 26.2 Å². The van der Waals surface area contributed by atoms with Gasteiger partial charge in [0.15, 0.2) is 5.96 Å². The first-order valence-corrected chi connectivity index (χ1v) is 8.77. The number of carbonyl (C=O) groups excluding carboxylic acids is 1. The molecule has 3 N–H and O–H groups in total. The Balaban J connectivity index is 0.00000243. The van der Waals surface area contributed by atoms with Gasteiger partial charge in [-0.2, -0.15) is 0 Å². The highest BCUT2D eigenvalue weighted by Crippen LogP contribution is 2.34. The van der Waals surface area contributed by atoms with E-state index < -0.39 is 0 Å². The number of amides is 1. The average Bonchev–Trinajstić information content (AvgIpc) is 3.20. The molecule has 2 aliphatic heterocycles. The van der Waals surface area contributed by atoms with Gasteiger partial charge in [0.25, 0.3) is 0 Å². The summed E-state index contributed by atoms with van der Waals surface area (Å²) in [4.78, 5) is 15.4. The van der Waals surface area contributed by atoms with Crippen LogP contribution in [0.4, 0.5) is 5.69 Å². The predicted octanol–water partition coefficient (Wildman–Crippen LogP) is 2.13. The summed E-state index contributed by atoms with van der Waals surface area (Å²) in [5.74, 6) is 1.40. The van der Waals surface area contributed by atoms with E-state index in [1.807, 2.05) is 18.2 Å². The summed E-state index contributed by atoms with van der Waals surface area (Å²) in [6.07, 6.45) is 4.10. The third-order valence-electron chi connectivity index (χ3n) is 4.47. The molecule has 1 aromatic carbocycles. The van der Waals surface area contributed by atoms with Crippen LogP contribution in [0.2, 0.25) is 0 Å². The highest BCUT2D eigenvalue weighted by molar-refractivity contribution is 14.0. The van der Waals surface area contributed by atoms with E-state index in [1.54, 1.807) is 13.1 Å². The molecule has 2 bridgehead atoms. The van der Waals surface area contributed by atoms with Gasteiger partial charge in [-0.05, 0) is 31.4 Å². The molecule has 8 heteroatoms. The number of halogens is 1. The molecule has 0 aliphatic carbocycles. The SMILES string of the molecule is CN=C(NCCOc1cccc(NC(C)=O)c1)NC1CC2CCC1O2.I. The van der Waals surface area contributed by atoms with Crippen LogP contribution in [-0.2, 0) is 9.53 Å². The zero-order valence-corrected chi connectivity index (χ0v) is 17.5. The monoisotopic (exact) mass is 474 g/mol. The van der Waals surface area contributed by atoms with Gasteiger partial charge in [0, 0.05) is 25.7 Å². The molecule has 2 saturated heterocycles. The minimum atomic E-state index is -0.0988. The summed E-state index contributed by atoms with van der Waals surface area (Å²) in [5.41, 5.74) is 0.728. The number of ether oxygens (including phenoxy) is 2. The predicted molar refractivity (Wildman–Crippen MR) is 112 cm³/mol. The lowest BCUT2D eigenvalue weighted by Crippen LogP contribution is -2.48. The van der Waals surface area contributed by atoms with E-state index in [9.17, 15) is 4.79 Å². The van der Waals surface area contributed by atoms with Crippen LogP contribution in [0.15, 0.2) is 29.3 Å². The maximum Gasteiger partial charge on any atom is 0.221 e. The number of guanidine groups is 1. The summed E-state index contributed by atoms with van der Waals surface area (Å²) in [7, 11) is 1.77. The molecular formula is C18H27IN4O3. The molecule has 3 rings (SSSR count). The van der Waals surface area contributed by atoms with Crippen LogP contribution in [0.3, 0.4) is 0 Å². The van der Waals surface area contributed by atoms with Crippen molar-refractivity contribution in [2.75, 3.05) is 25.5 Å². The Bertz CT molecular complexity index is 641. The Morgan fingerprint density at radius 3 is 2.88 bits per heavy atom. The van der Waals surface area contributed by atoms with Crippen molar-refractivity contribution < 1.29 is 14.3 Å². The molecule has 0 radical (unpaired) electrons. The fourth-order valence-corrected chi connectivity index (χ4v) is 3.37. The number of nitrogens with one attached hydrogen (secondary N) is 3. The minimum absolute atomic E-state index is 0. The first-order chi connectivity index (χ1) is 12.1. The summed E-state index contributed by atoms with van der Waals surface area (Å²) in [6.45, 7) is 2.61. The first-order valence-electron chi connectivity index (χ1n) is 8.77. The number of hydrogen-bond acceptors (Lipinski definition) is 4. The molecule has 3 atom stereocenters. The molecule has 2 heterocycles. The number of carbonyl (C=O) groups is 1. The van der Waals surface area contributed by atoms with Gasteiger partial charge in [-0.3, -0.25) is 9.79 Å². The van der Waals surface area contributed by atoms with Crippen molar-refractivity contribution in [2.24, 2.45) is 4.99 Å². The van der Waals surface area contributed by atoms with Crippen molar-refractivity contribution in [1.29, 1.82) is 0 Å². The van der Waals surface area contributed by atoms with Crippen LogP contribution < -0.4 is 20.7 Å². The Labute approximate surface area is 171 Å². The lowest BCUT2D eigenvalue weighted by atomic mass is 9.96. The normalized spacial score (nSPS) is 23.9. The Hall–Kier alpha value is -1.55. The molecule has 1 aromatic rings. The standard InChI is InChI=1S/C18H26N4O3.HI/c1-12(23)21-13-4-3-5-14(10-13)24-9-8-20-18(19-2)22-16-11-15-6-7-17(16)25-15;/h3-5,10,15-17H,6-9,11H2,1-2H3,(H,21,23)(H2,19,20,22);1H. The molecule has 0 aromatic heterocycles. The average molecular weight is 474 g/mol. The third-order valence-corrected chi connectivity index (χ3v) is 4.47. The number of nitrogens with zero attached hydrogens (tertiary/aromatic N) is 1. The third kappa shape index (κ3) is 5.73. The van der Waals surface area contributed by atoms with Gasteiger partial charge in [0.05, 0.1) is 24.8 Å². The lowest BCUT2D eigenvalue weighted by Gasteiger charge is -2.22. The van der Waals surface area contributed by atoms with Crippen molar-refractivity contribution in [3.63, 3.8) is 0 Å². The van der Waals surface area contributed by atoms with E-state index >= 15 is 0 Å². The molecule has 3 unspecified atom stereocenters. The van der Waals surface area contributed by atoms with E-state index in [4.69, 9.17) is 9.47 Å². The van der Waals surface area contributed by atoms with E-state index in [1.165, 1.54) is 13.3 Å². The maximum absolute atomic E-state index is 11.1. The zero-order chi connectivity index (χ0) is 17.6. The van der Waals surface area contributed by atoms with Crippen LogP contribution in [-0.4, -0.2) is 50.3 Å². The van der Waals surface area contributed by atoms with Crippen molar-refractivity contribution >= 4 is 41.5 Å². The van der Waals surface area contributed by atoms with Gasteiger partial charge in [0.1, 0.15) is 12.4 Å². The van der Waals surface area contributed by atoms with Gasteiger partial charge in [0.2, 0.25) is 5.91 Å². The number of rotatable bonds is 6. The molecule has 0 saturated carbocycles. The highest BCUT2D eigenvalue weighted by Gasteiger charge is 2.41. The first kappa shape index (κ1) is 20.8. The maximum atomic E-state index is 11.1. The van der Waals surface area contributed by atoms with Crippen molar-refractivity contribution in [2.45, 2.75) is 44.4 Å². The number of fused-ring (bicyclic) bond motifs is 2. The fourth-order valence-electron chi connectivity index (χ4n) is 3.37. The molecular weight excluding hydrogens is 447 g/mol. The summed E-state index contributed by atoms with van der Waals surface area (Å²) < 4.78 is 11.6. The number of aliphatic imine (C=N–C) groups is 1. The molecule has 7 nitrogen and oxygen atoms in total. The van der Waals surface area contributed by atoms with Crippen molar-refractivity contribution in [1.82, 2.24) is 10.6 Å². The van der Waals surface area contributed by atoms with Gasteiger partial charge in [-0.15, -0.1) is 24.0 Å². The second-order valence-corrected chi connectivity index (χ2v) is 6.42. The highest BCUT2D eigenvalue weighted by atomic mass is 127. The largest absolute Gasteiger partial charge is 0.492 e. The van der Waals surface area contributed by atoms with Gasteiger partial charge < -0.3 is 25.4 Å². The Kier molecular flexibility index (Phi) is 7.95. The van der Waals surface area contributed by atoms with Crippen molar-refractivity contribution in [3.05, 3.63) is 24.3 Å². The zero-order valence-electron chi connectivity index (χ0n) is 15.2. The molecule has 144 valence electrons. The Morgan fingerprint density at radius 1 is 1.38 bits per heavy atom. The van der Waals surface area contributed by atoms with E-state index in [-0.39, 0.29) is 29.9 Å². The molecule has 2 fully saturated rings. The van der Waals surface area contributed by atoms with Crippen LogP contribution in [0, 0.1) is 0 Å². The number of benzene rings is 1. The summed E-state index contributed by atoms with van der Waals surface area (Å²) >= 11 is 0. The molecule has 26 heavy (non-hydrogen) atoms. The van der Waals surface area contributed by atoms with Crippen LogP contribution in [0.5, 0.6) is 5.75 Å².